The summed E-state index contributed by atoms with van der Waals surface area (Å²) in [6.07, 6.45) is 1.96. The van der Waals surface area contributed by atoms with E-state index in [1.54, 1.807) is 0 Å². The Morgan fingerprint density at radius 3 is 2.33 bits per heavy atom. The highest BCUT2D eigenvalue weighted by atomic mass is 16.1. The van der Waals surface area contributed by atoms with Crippen LogP contribution >= 0.6 is 0 Å². The first kappa shape index (κ1) is 12.8. The predicted molar refractivity (Wildman–Crippen MR) is 76.8 cm³/mol. The average molecular weight is 240 g/mol. The number of fused-ring (bicyclic) bond motifs is 1. The van der Waals surface area contributed by atoms with Crippen LogP contribution < -0.4 is 0 Å². The molecule has 0 amide bonds. The summed E-state index contributed by atoms with van der Waals surface area (Å²) >= 11 is 0. The first-order valence-electron chi connectivity index (χ1n) is 6.43. The van der Waals surface area contributed by atoms with Crippen LogP contribution in [0.25, 0.3) is 10.8 Å². The van der Waals surface area contributed by atoms with Crippen molar-refractivity contribution in [3.63, 3.8) is 0 Å². The van der Waals surface area contributed by atoms with Crippen molar-refractivity contribution >= 4 is 17.1 Å². The van der Waals surface area contributed by atoms with Crippen molar-refractivity contribution in [3.8, 4) is 0 Å². The molecule has 0 saturated carbocycles. The predicted octanol–water partition coefficient (Wildman–Crippen LogP) is 4.56. The van der Waals surface area contributed by atoms with Crippen molar-refractivity contribution in [1.82, 2.24) is 0 Å². The Morgan fingerprint density at radius 2 is 1.72 bits per heavy atom. The summed E-state index contributed by atoms with van der Waals surface area (Å²) in [5.41, 5.74) is 1.29. The highest BCUT2D eigenvalue weighted by molar-refractivity contribution is 5.84. The number of aldehydes is 1. The Bertz CT molecular complexity index is 549. The molecule has 0 radical (unpaired) electrons. The van der Waals surface area contributed by atoms with Gasteiger partial charge in [0.1, 0.15) is 6.29 Å². The number of carbonyl (C=O) groups is 1. The lowest BCUT2D eigenvalue weighted by molar-refractivity contribution is -0.109. The molecule has 2 rings (SSSR count). The van der Waals surface area contributed by atoms with Crippen LogP contribution in [0, 0.1) is 5.41 Å². The van der Waals surface area contributed by atoms with Crippen LogP contribution in [0.15, 0.2) is 42.5 Å². The first-order chi connectivity index (χ1) is 8.49. The second-order valence-corrected chi connectivity index (χ2v) is 6.11. The van der Waals surface area contributed by atoms with E-state index in [4.69, 9.17) is 0 Å². The van der Waals surface area contributed by atoms with Gasteiger partial charge in [0, 0.05) is 5.92 Å². The summed E-state index contributed by atoms with van der Waals surface area (Å²) in [5.74, 6) is -0.00499. The molecule has 0 N–H and O–H groups in total. The largest absolute Gasteiger partial charge is 0.303 e. The Kier molecular flexibility index (Phi) is 3.51. The fraction of sp³-hybridized carbons (Fsp3) is 0.353. The molecule has 0 aliphatic carbocycles. The maximum Gasteiger partial charge on any atom is 0.127 e. The van der Waals surface area contributed by atoms with Crippen molar-refractivity contribution < 1.29 is 4.79 Å². The SMILES string of the molecule is CC(C)(C)CC(C=O)c1ccc2ccccc2c1. The summed E-state index contributed by atoms with van der Waals surface area (Å²) in [5, 5.41) is 2.43. The monoisotopic (exact) mass is 240 g/mol. The zero-order valence-corrected chi connectivity index (χ0v) is 11.3. The van der Waals surface area contributed by atoms with Crippen LogP contribution in [0.3, 0.4) is 0 Å². The van der Waals surface area contributed by atoms with E-state index >= 15 is 0 Å². The normalized spacial score (nSPS) is 13.5. The molecule has 0 saturated heterocycles. The van der Waals surface area contributed by atoms with E-state index < -0.39 is 0 Å². The Labute approximate surface area is 109 Å². The highest BCUT2D eigenvalue weighted by Gasteiger charge is 2.19. The van der Waals surface area contributed by atoms with Gasteiger partial charge in [0.25, 0.3) is 0 Å². The van der Waals surface area contributed by atoms with Crippen molar-refractivity contribution in [3.05, 3.63) is 48.0 Å². The molecule has 0 spiro atoms. The van der Waals surface area contributed by atoms with Gasteiger partial charge in [0.05, 0.1) is 0 Å². The van der Waals surface area contributed by atoms with Gasteiger partial charge in [0.2, 0.25) is 0 Å². The van der Waals surface area contributed by atoms with Gasteiger partial charge in [-0.15, -0.1) is 0 Å². The summed E-state index contributed by atoms with van der Waals surface area (Å²) in [6.45, 7) is 6.51. The van der Waals surface area contributed by atoms with Crippen molar-refractivity contribution in [2.45, 2.75) is 33.1 Å². The van der Waals surface area contributed by atoms with Crippen molar-refractivity contribution in [2.75, 3.05) is 0 Å². The number of hydrogen-bond donors (Lipinski definition) is 0. The summed E-state index contributed by atoms with van der Waals surface area (Å²) in [7, 11) is 0. The molecule has 2 aromatic carbocycles. The zero-order valence-electron chi connectivity index (χ0n) is 11.3. The maximum atomic E-state index is 11.3. The maximum absolute atomic E-state index is 11.3. The Hall–Kier alpha value is -1.63. The van der Waals surface area contributed by atoms with Crippen LogP contribution in [0.5, 0.6) is 0 Å². The second kappa shape index (κ2) is 4.93. The molecule has 94 valence electrons. The molecule has 0 bridgehead atoms. The average Bonchev–Trinajstić information content (AvgIpc) is 2.34. The number of rotatable bonds is 3. The van der Waals surface area contributed by atoms with E-state index in [1.165, 1.54) is 10.8 Å². The molecule has 0 aromatic heterocycles. The Morgan fingerprint density at radius 1 is 1.06 bits per heavy atom. The van der Waals surface area contributed by atoms with Crippen LogP contribution in [-0.2, 0) is 4.79 Å². The third kappa shape index (κ3) is 2.98. The molecule has 1 heteroatoms. The molecule has 1 unspecified atom stereocenters. The minimum absolute atomic E-state index is 0.00499. The lowest BCUT2D eigenvalue weighted by atomic mass is 9.82. The molecule has 0 aliphatic heterocycles. The fourth-order valence-corrected chi connectivity index (χ4v) is 2.34. The van der Waals surface area contributed by atoms with Crippen LogP contribution in [0.2, 0.25) is 0 Å². The topological polar surface area (TPSA) is 17.1 Å². The number of carbonyl (C=O) groups excluding carboxylic acids is 1. The van der Waals surface area contributed by atoms with Gasteiger partial charge < -0.3 is 4.79 Å². The molecule has 2 aromatic rings. The van der Waals surface area contributed by atoms with E-state index in [9.17, 15) is 4.79 Å². The van der Waals surface area contributed by atoms with Crippen molar-refractivity contribution in [2.24, 2.45) is 5.41 Å². The van der Waals surface area contributed by atoms with Crippen LogP contribution in [0.4, 0.5) is 0 Å². The minimum atomic E-state index is -0.00499. The van der Waals surface area contributed by atoms with Gasteiger partial charge in [-0.25, -0.2) is 0 Å². The van der Waals surface area contributed by atoms with Gasteiger partial charge in [0.15, 0.2) is 0 Å². The quantitative estimate of drug-likeness (QED) is 0.719. The van der Waals surface area contributed by atoms with Gasteiger partial charge >= 0.3 is 0 Å². The van der Waals surface area contributed by atoms with Gasteiger partial charge in [-0.1, -0.05) is 63.2 Å². The molecular formula is C17H20O. The summed E-state index contributed by atoms with van der Waals surface area (Å²) in [4.78, 5) is 11.3. The number of hydrogen-bond acceptors (Lipinski definition) is 1. The van der Waals surface area contributed by atoms with E-state index in [0.717, 1.165) is 18.3 Å². The van der Waals surface area contributed by atoms with E-state index in [-0.39, 0.29) is 11.3 Å². The molecule has 18 heavy (non-hydrogen) atoms. The molecule has 0 heterocycles. The van der Waals surface area contributed by atoms with Gasteiger partial charge in [-0.05, 0) is 28.2 Å². The second-order valence-electron chi connectivity index (χ2n) is 6.11. The zero-order chi connectivity index (χ0) is 13.2. The van der Waals surface area contributed by atoms with E-state index in [1.807, 2.05) is 12.1 Å². The molecular weight excluding hydrogens is 220 g/mol. The third-order valence-corrected chi connectivity index (χ3v) is 3.20. The van der Waals surface area contributed by atoms with E-state index in [2.05, 4.69) is 51.1 Å². The smallest absolute Gasteiger partial charge is 0.127 e. The highest BCUT2D eigenvalue weighted by Crippen LogP contribution is 2.31. The standard InChI is InChI=1S/C17H20O/c1-17(2,3)11-16(12-18)15-9-8-13-6-4-5-7-14(13)10-15/h4-10,12,16H,11H2,1-3H3. The van der Waals surface area contributed by atoms with Crippen LogP contribution in [0.1, 0.15) is 38.7 Å². The fourth-order valence-electron chi connectivity index (χ4n) is 2.34. The number of benzene rings is 2. The first-order valence-corrected chi connectivity index (χ1v) is 6.43. The van der Waals surface area contributed by atoms with Gasteiger partial charge in [-0.2, -0.15) is 0 Å². The van der Waals surface area contributed by atoms with Gasteiger partial charge in [-0.3, -0.25) is 0 Å². The third-order valence-electron chi connectivity index (χ3n) is 3.20. The summed E-state index contributed by atoms with van der Waals surface area (Å²) < 4.78 is 0. The van der Waals surface area contributed by atoms with E-state index in [0.29, 0.717) is 0 Å². The summed E-state index contributed by atoms with van der Waals surface area (Å²) in [6, 6.07) is 14.6. The van der Waals surface area contributed by atoms with Crippen LogP contribution in [-0.4, -0.2) is 6.29 Å². The molecule has 1 atom stereocenters. The molecule has 0 fully saturated rings. The molecule has 0 aliphatic rings. The van der Waals surface area contributed by atoms with Crippen molar-refractivity contribution in [1.29, 1.82) is 0 Å². The Balaban J connectivity index is 2.36. The lowest BCUT2D eigenvalue weighted by Gasteiger charge is -2.22. The lowest BCUT2D eigenvalue weighted by Crippen LogP contribution is -2.13. The molecule has 1 nitrogen and oxygen atoms in total. The minimum Gasteiger partial charge on any atom is -0.303 e.